The standard InChI is InChI=1S/C7H14FO8P/c8-3(17(13,14)15)1-2-4(9)5(10)6(11)7(12)16-2/h2-7,9-12H,1H2,(H2,13,14,15)/t2-,3+,4-,5+,6-,7-/m1/s1. The van der Waals surface area contributed by atoms with Gasteiger partial charge in [0.25, 0.3) is 0 Å². The first-order valence-corrected chi connectivity index (χ1v) is 6.39. The van der Waals surface area contributed by atoms with Crippen molar-refractivity contribution in [2.75, 3.05) is 0 Å². The van der Waals surface area contributed by atoms with Crippen LogP contribution in [0, 0.1) is 0 Å². The molecule has 1 aliphatic rings. The molecule has 0 aromatic heterocycles. The van der Waals surface area contributed by atoms with E-state index in [0.717, 1.165) is 0 Å². The van der Waals surface area contributed by atoms with Crippen molar-refractivity contribution in [1.82, 2.24) is 0 Å². The molecule has 17 heavy (non-hydrogen) atoms. The number of halogens is 1. The summed E-state index contributed by atoms with van der Waals surface area (Å²) in [5.74, 6) is -2.59. The van der Waals surface area contributed by atoms with Crippen molar-refractivity contribution < 1.29 is 43.9 Å². The third-order valence-corrected chi connectivity index (χ3v) is 3.42. The van der Waals surface area contributed by atoms with E-state index in [0.29, 0.717) is 0 Å². The lowest BCUT2D eigenvalue weighted by Crippen LogP contribution is -2.57. The van der Waals surface area contributed by atoms with Gasteiger partial charge in [-0.05, 0) is 0 Å². The first kappa shape index (κ1) is 14.9. The maximum Gasteiger partial charge on any atom is 0.359 e. The average Bonchev–Trinajstić information content (AvgIpc) is 2.21. The molecule has 1 rings (SSSR count). The van der Waals surface area contributed by atoms with E-state index < -0.39 is 50.6 Å². The number of hydrogen-bond acceptors (Lipinski definition) is 6. The zero-order valence-electron chi connectivity index (χ0n) is 8.50. The fraction of sp³-hybridized carbons (Fsp3) is 1.00. The molecule has 0 saturated carbocycles. The summed E-state index contributed by atoms with van der Waals surface area (Å²) < 4.78 is 28.1. The summed E-state index contributed by atoms with van der Waals surface area (Å²) in [4.78, 5) is 17.0. The number of aliphatic hydroxyl groups excluding tert-OH is 4. The summed E-state index contributed by atoms with van der Waals surface area (Å²) in [5.41, 5.74) is 0. The predicted octanol–water partition coefficient (Wildman–Crippen LogP) is -2.35. The van der Waals surface area contributed by atoms with E-state index in [4.69, 9.17) is 20.0 Å². The molecule has 0 bridgehead atoms. The van der Waals surface area contributed by atoms with Crippen LogP contribution in [0.3, 0.4) is 0 Å². The summed E-state index contributed by atoms with van der Waals surface area (Å²) in [7, 11) is -4.99. The van der Waals surface area contributed by atoms with Crippen LogP contribution < -0.4 is 0 Å². The van der Waals surface area contributed by atoms with Gasteiger partial charge in [0.2, 0.25) is 5.91 Å². The molecular formula is C7H14FO8P. The normalized spacial score (nSPS) is 41.2. The van der Waals surface area contributed by atoms with Gasteiger partial charge in [-0.25, -0.2) is 4.39 Å². The number of rotatable bonds is 3. The summed E-state index contributed by atoms with van der Waals surface area (Å²) in [6, 6.07) is 0. The van der Waals surface area contributed by atoms with Gasteiger partial charge in [-0.2, -0.15) is 0 Å². The molecule has 1 saturated heterocycles. The van der Waals surface area contributed by atoms with Crippen LogP contribution in [0.4, 0.5) is 4.39 Å². The van der Waals surface area contributed by atoms with E-state index in [1.54, 1.807) is 0 Å². The molecule has 102 valence electrons. The van der Waals surface area contributed by atoms with Crippen LogP contribution in [-0.4, -0.2) is 66.8 Å². The quantitative estimate of drug-likeness (QED) is 0.314. The largest absolute Gasteiger partial charge is 0.388 e. The highest BCUT2D eigenvalue weighted by molar-refractivity contribution is 7.52. The van der Waals surface area contributed by atoms with E-state index in [1.807, 2.05) is 0 Å². The van der Waals surface area contributed by atoms with Crippen molar-refractivity contribution in [1.29, 1.82) is 0 Å². The van der Waals surface area contributed by atoms with Crippen LogP contribution >= 0.6 is 7.60 Å². The van der Waals surface area contributed by atoms with Gasteiger partial charge < -0.3 is 34.9 Å². The predicted molar refractivity (Wildman–Crippen MR) is 50.5 cm³/mol. The van der Waals surface area contributed by atoms with Gasteiger partial charge in [0.1, 0.15) is 18.3 Å². The Kier molecular flexibility index (Phi) is 4.61. The van der Waals surface area contributed by atoms with Crippen LogP contribution in [-0.2, 0) is 9.30 Å². The van der Waals surface area contributed by atoms with Gasteiger partial charge in [0, 0.05) is 6.42 Å². The maximum absolute atomic E-state index is 13.0. The van der Waals surface area contributed by atoms with Gasteiger partial charge in [0.15, 0.2) is 6.29 Å². The number of hydrogen-bond donors (Lipinski definition) is 6. The first-order valence-electron chi connectivity index (χ1n) is 4.71. The highest BCUT2D eigenvalue weighted by atomic mass is 31.2. The van der Waals surface area contributed by atoms with E-state index in [2.05, 4.69) is 4.74 Å². The van der Waals surface area contributed by atoms with Crippen molar-refractivity contribution in [3.8, 4) is 0 Å². The Morgan fingerprint density at radius 1 is 1.12 bits per heavy atom. The lowest BCUT2D eigenvalue weighted by molar-refractivity contribution is -0.283. The van der Waals surface area contributed by atoms with E-state index in [9.17, 15) is 19.2 Å². The second-order valence-electron chi connectivity index (χ2n) is 3.80. The third kappa shape index (κ3) is 3.43. The molecule has 0 unspecified atom stereocenters. The van der Waals surface area contributed by atoms with Gasteiger partial charge in [-0.1, -0.05) is 0 Å². The second kappa shape index (κ2) is 5.25. The van der Waals surface area contributed by atoms with Crippen molar-refractivity contribution >= 4 is 7.60 Å². The Balaban J connectivity index is 2.69. The maximum atomic E-state index is 13.0. The zero-order valence-corrected chi connectivity index (χ0v) is 9.39. The SMILES string of the molecule is O=P(O)(O)[C@H](F)C[C@H]1O[C@@H](O)[C@H](O)[C@@H](O)[C@@H]1O. The molecule has 1 heterocycles. The van der Waals surface area contributed by atoms with Crippen LogP contribution in [0.1, 0.15) is 6.42 Å². The molecule has 0 aliphatic carbocycles. The highest BCUT2D eigenvalue weighted by Gasteiger charge is 2.45. The van der Waals surface area contributed by atoms with E-state index >= 15 is 0 Å². The summed E-state index contributed by atoms with van der Waals surface area (Å²) in [5, 5.41) is 36.8. The van der Waals surface area contributed by atoms with Crippen molar-refractivity contribution in [3.05, 3.63) is 0 Å². The molecule has 6 N–H and O–H groups in total. The molecule has 1 aliphatic heterocycles. The molecule has 6 atom stereocenters. The lowest BCUT2D eigenvalue weighted by atomic mass is 9.97. The molecule has 0 aromatic carbocycles. The topological polar surface area (TPSA) is 148 Å². The molecule has 0 aromatic rings. The second-order valence-corrected chi connectivity index (χ2v) is 5.53. The number of aliphatic hydroxyl groups is 4. The van der Waals surface area contributed by atoms with Gasteiger partial charge >= 0.3 is 7.60 Å². The number of alkyl halides is 1. The molecule has 0 radical (unpaired) electrons. The average molecular weight is 276 g/mol. The molecule has 0 spiro atoms. The van der Waals surface area contributed by atoms with Crippen molar-refractivity contribution in [3.63, 3.8) is 0 Å². The van der Waals surface area contributed by atoms with E-state index in [1.165, 1.54) is 0 Å². The Morgan fingerprint density at radius 2 is 1.65 bits per heavy atom. The minimum absolute atomic E-state index is 0.910. The zero-order chi connectivity index (χ0) is 13.4. The van der Waals surface area contributed by atoms with Gasteiger partial charge in [-0.3, -0.25) is 4.57 Å². The van der Waals surface area contributed by atoms with Crippen LogP contribution in [0.2, 0.25) is 0 Å². The third-order valence-electron chi connectivity index (χ3n) is 2.48. The van der Waals surface area contributed by atoms with E-state index in [-0.39, 0.29) is 0 Å². The van der Waals surface area contributed by atoms with Gasteiger partial charge in [-0.15, -0.1) is 0 Å². The monoisotopic (exact) mass is 276 g/mol. The Labute approximate surface area is 95.4 Å². The summed E-state index contributed by atoms with van der Waals surface area (Å²) in [6.07, 6.45) is -9.60. The Hall–Kier alpha value is -0.120. The molecule has 1 fully saturated rings. The highest BCUT2D eigenvalue weighted by Crippen LogP contribution is 2.45. The molecule has 8 nitrogen and oxygen atoms in total. The van der Waals surface area contributed by atoms with Crippen molar-refractivity contribution in [2.24, 2.45) is 0 Å². The molecular weight excluding hydrogens is 262 g/mol. The van der Waals surface area contributed by atoms with Gasteiger partial charge in [0.05, 0.1) is 6.10 Å². The summed E-state index contributed by atoms with van der Waals surface area (Å²) >= 11 is 0. The fourth-order valence-electron chi connectivity index (χ4n) is 1.45. The smallest absolute Gasteiger partial charge is 0.359 e. The van der Waals surface area contributed by atoms with Crippen molar-refractivity contribution in [2.45, 2.75) is 43.0 Å². The minimum Gasteiger partial charge on any atom is -0.388 e. The number of ether oxygens (including phenoxy) is 1. The molecule has 10 heteroatoms. The minimum atomic E-state index is -4.99. The Bertz CT molecular complexity index is 308. The van der Waals surface area contributed by atoms with Crippen LogP contribution in [0.5, 0.6) is 0 Å². The lowest BCUT2D eigenvalue weighted by Gasteiger charge is -2.38. The first-order chi connectivity index (χ1) is 7.64. The van der Waals surface area contributed by atoms with Crippen LogP contribution in [0.25, 0.3) is 0 Å². The summed E-state index contributed by atoms with van der Waals surface area (Å²) in [6.45, 7) is 0. The molecule has 0 amide bonds. The fourth-order valence-corrected chi connectivity index (χ4v) is 1.94. The van der Waals surface area contributed by atoms with Crippen LogP contribution in [0.15, 0.2) is 0 Å². The Morgan fingerprint density at radius 3 is 2.12 bits per heavy atom.